The van der Waals surface area contributed by atoms with Gasteiger partial charge in [0.1, 0.15) is 0 Å². The van der Waals surface area contributed by atoms with Gasteiger partial charge in [-0.3, -0.25) is 4.68 Å². The first kappa shape index (κ1) is 14.1. The lowest BCUT2D eigenvalue weighted by Crippen LogP contribution is -2.09. The zero-order valence-electron chi connectivity index (χ0n) is 10.5. The molecule has 20 heavy (non-hydrogen) atoms. The largest absolute Gasteiger partial charge is 0.465 e. The number of benzene rings is 1. The number of hydrogen-bond acceptors (Lipinski definition) is 3. The predicted molar refractivity (Wildman–Crippen MR) is 64.1 cm³/mol. The Balaban J connectivity index is 2.27. The topological polar surface area (TPSA) is 44.1 Å². The fraction of sp³-hybridized carbons (Fsp3) is 0.231. The standard InChI is InChI=1S/C13H11F3N2O2/c1-20-12(19)11-5-3-2-4-9(11)7-18-8-10(6-17-18)13(14,15)16/h2-6,8H,7H2,1H3. The van der Waals surface area contributed by atoms with E-state index in [1.807, 2.05) is 0 Å². The van der Waals surface area contributed by atoms with Gasteiger partial charge in [-0.2, -0.15) is 18.3 Å². The number of rotatable bonds is 3. The Labute approximate surface area is 112 Å². The van der Waals surface area contributed by atoms with E-state index in [0.29, 0.717) is 11.1 Å². The van der Waals surface area contributed by atoms with Crippen LogP contribution in [0.5, 0.6) is 0 Å². The average Bonchev–Trinajstić information content (AvgIpc) is 2.87. The number of methoxy groups -OCH3 is 1. The molecule has 0 saturated carbocycles. The molecule has 0 spiro atoms. The van der Waals surface area contributed by atoms with E-state index in [4.69, 9.17) is 0 Å². The molecule has 0 atom stereocenters. The second-order valence-corrected chi connectivity index (χ2v) is 4.07. The Bertz CT molecular complexity index is 620. The van der Waals surface area contributed by atoms with E-state index in [2.05, 4.69) is 9.84 Å². The van der Waals surface area contributed by atoms with Crippen LogP contribution in [0, 0.1) is 0 Å². The van der Waals surface area contributed by atoms with Gasteiger partial charge in [-0.1, -0.05) is 18.2 Å². The molecule has 0 aliphatic rings. The van der Waals surface area contributed by atoms with Crippen LogP contribution in [0.1, 0.15) is 21.5 Å². The molecule has 2 rings (SSSR count). The summed E-state index contributed by atoms with van der Waals surface area (Å²) in [6, 6.07) is 6.53. The molecule has 4 nitrogen and oxygen atoms in total. The number of nitrogens with zero attached hydrogens (tertiary/aromatic N) is 2. The minimum absolute atomic E-state index is 0.0569. The summed E-state index contributed by atoms with van der Waals surface area (Å²) in [5, 5.41) is 3.65. The van der Waals surface area contributed by atoms with Crippen molar-refractivity contribution in [3.8, 4) is 0 Å². The quantitative estimate of drug-likeness (QED) is 0.814. The Kier molecular flexibility index (Phi) is 3.78. The van der Waals surface area contributed by atoms with Crippen LogP contribution in [0.3, 0.4) is 0 Å². The van der Waals surface area contributed by atoms with Crippen molar-refractivity contribution in [2.24, 2.45) is 0 Å². The summed E-state index contributed by atoms with van der Waals surface area (Å²) >= 11 is 0. The van der Waals surface area contributed by atoms with E-state index >= 15 is 0 Å². The molecule has 1 heterocycles. The number of carbonyl (C=O) groups excluding carboxylic acids is 1. The molecule has 0 fully saturated rings. The van der Waals surface area contributed by atoms with E-state index in [0.717, 1.165) is 17.1 Å². The van der Waals surface area contributed by atoms with Gasteiger partial charge in [0.2, 0.25) is 0 Å². The maximum absolute atomic E-state index is 12.5. The van der Waals surface area contributed by atoms with Crippen molar-refractivity contribution >= 4 is 5.97 Å². The zero-order valence-corrected chi connectivity index (χ0v) is 10.5. The summed E-state index contributed by atoms with van der Waals surface area (Å²) < 4.78 is 43.2. The van der Waals surface area contributed by atoms with Crippen LogP contribution < -0.4 is 0 Å². The first-order valence-electron chi connectivity index (χ1n) is 5.67. The second-order valence-electron chi connectivity index (χ2n) is 4.07. The first-order chi connectivity index (χ1) is 9.41. The minimum atomic E-state index is -4.43. The van der Waals surface area contributed by atoms with Crippen LogP contribution in [0.15, 0.2) is 36.7 Å². The third-order valence-corrected chi connectivity index (χ3v) is 2.72. The van der Waals surface area contributed by atoms with Gasteiger partial charge in [0.05, 0.1) is 31.0 Å². The van der Waals surface area contributed by atoms with Gasteiger partial charge < -0.3 is 4.74 Å². The predicted octanol–water partition coefficient (Wildman–Crippen LogP) is 2.74. The summed E-state index contributed by atoms with van der Waals surface area (Å²) in [5.41, 5.74) is 0.0169. The Morgan fingerprint density at radius 1 is 1.35 bits per heavy atom. The highest BCUT2D eigenvalue weighted by Crippen LogP contribution is 2.28. The highest BCUT2D eigenvalue weighted by molar-refractivity contribution is 5.90. The van der Waals surface area contributed by atoms with Crippen molar-refractivity contribution in [2.75, 3.05) is 7.11 Å². The molecule has 106 valence electrons. The van der Waals surface area contributed by atoms with E-state index in [-0.39, 0.29) is 6.54 Å². The van der Waals surface area contributed by atoms with E-state index < -0.39 is 17.7 Å². The van der Waals surface area contributed by atoms with Crippen molar-refractivity contribution < 1.29 is 22.7 Å². The van der Waals surface area contributed by atoms with Gasteiger partial charge in [-0.15, -0.1) is 0 Å². The summed E-state index contributed by atoms with van der Waals surface area (Å²) in [7, 11) is 1.24. The molecular formula is C13H11F3N2O2. The van der Waals surface area contributed by atoms with E-state index in [9.17, 15) is 18.0 Å². The smallest absolute Gasteiger partial charge is 0.419 e. The van der Waals surface area contributed by atoms with Crippen molar-refractivity contribution in [1.29, 1.82) is 0 Å². The second kappa shape index (κ2) is 5.36. The van der Waals surface area contributed by atoms with Gasteiger partial charge in [0.25, 0.3) is 0 Å². The molecule has 0 aliphatic carbocycles. The fourth-order valence-electron chi connectivity index (χ4n) is 1.74. The maximum Gasteiger partial charge on any atom is 0.419 e. The third-order valence-electron chi connectivity index (χ3n) is 2.72. The number of aromatic nitrogens is 2. The van der Waals surface area contributed by atoms with Gasteiger partial charge in [0.15, 0.2) is 0 Å². The average molecular weight is 284 g/mol. The number of ether oxygens (including phenoxy) is 1. The molecule has 0 radical (unpaired) electrons. The maximum atomic E-state index is 12.5. The van der Waals surface area contributed by atoms with Crippen LogP contribution in [-0.2, 0) is 17.5 Å². The van der Waals surface area contributed by atoms with E-state index in [1.54, 1.807) is 24.3 Å². The highest BCUT2D eigenvalue weighted by atomic mass is 19.4. The number of hydrogen-bond donors (Lipinski definition) is 0. The molecular weight excluding hydrogens is 273 g/mol. The van der Waals surface area contributed by atoms with Crippen LogP contribution in [0.2, 0.25) is 0 Å². The molecule has 2 aromatic rings. The lowest BCUT2D eigenvalue weighted by molar-refractivity contribution is -0.137. The van der Waals surface area contributed by atoms with Crippen LogP contribution in [-0.4, -0.2) is 22.9 Å². The highest BCUT2D eigenvalue weighted by Gasteiger charge is 2.32. The Morgan fingerprint density at radius 3 is 2.65 bits per heavy atom. The van der Waals surface area contributed by atoms with Gasteiger partial charge in [-0.05, 0) is 11.6 Å². The summed E-state index contributed by atoms with van der Waals surface area (Å²) in [5.74, 6) is -0.538. The molecule has 0 N–H and O–H groups in total. The van der Waals surface area contributed by atoms with Crippen molar-refractivity contribution in [3.63, 3.8) is 0 Å². The summed E-state index contributed by atoms with van der Waals surface area (Å²) in [4.78, 5) is 11.6. The number of carbonyl (C=O) groups is 1. The van der Waals surface area contributed by atoms with E-state index in [1.165, 1.54) is 7.11 Å². The Morgan fingerprint density at radius 2 is 2.05 bits per heavy atom. The lowest BCUT2D eigenvalue weighted by Gasteiger charge is -2.07. The van der Waals surface area contributed by atoms with Gasteiger partial charge >= 0.3 is 12.1 Å². The number of esters is 1. The fourth-order valence-corrected chi connectivity index (χ4v) is 1.74. The SMILES string of the molecule is COC(=O)c1ccccc1Cn1cc(C(F)(F)F)cn1. The van der Waals surface area contributed by atoms with Crippen molar-refractivity contribution in [1.82, 2.24) is 9.78 Å². The zero-order chi connectivity index (χ0) is 14.8. The monoisotopic (exact) mass is 284 g/mol. The van der Waals surface area contributed by atoms with Crippen molar-refractivity contribution in [2.45, 2.75) is 12.7 Å². The molecule has 0 aliphatic heterocycles. The summed E-state index contributed by atoms with van der Waals surface area (Å²) in [6.45, 7) is 0.0569. The molecule has 0 unspecified atom stereocenters. The van der Waals surface area contributed by atoms with Gasteiger partial charge in [-0.25, -0.2) is 4.79 Å². The molecule has 7 heteroatoms. The summed E-state index contributed by atoms with van der Waals surface area (Å²) in [6.07, 6.45) is -2.78. The first-order valence-corrected chi connectivity index (χ1v) is 5.67. The van der Waals surface area contributed by atoms with Crippen LogP contribution >= 0.6 is 0 Å². The van der Waals surface area contributed by atoms with Crippen LogP contribution in [0.4, 0.5) is 13.2 Å². The Hall–Kier alpha value is -2.31. The lowest BCUT2D eigenvalue weighted by atomic mass is 10.1. The molecule has 0 saturated heterocycles. The van der Waals surface area contributed by atoms with Crippen LogP contribution in [0.25, 0.3) is 0 Å². The molecule has 1 aromatic heterocycles. The third kappa shape index (κ3) is 2.98. The number of alkyl halides is 3. The normalized spacial score (nSPS) is 11.4. The van der Waals surface area contributed by atoms with Gasteiger partial charge in [0, 0.05) is 6.20 Å². The minimum Gasteiger partial charge on any atom is -0.465 e. The molecule has 0 bridgehead atoms. The molecule has 1 aromatic carbocycles. The van der Waals surface area contributed by atoms with Crippen molar-refractivity contribution in [3.05, 3.63) is 53.3 Å². The number of halogens is 3. The molecule has 0 amide bonds.